The van der Waals surface area contributed by atoms with Crippen LogP contribution in [0.15, 0.2) is 35.2 Å². The molecule has 0 amide bonds. The molecule has 0 aliphatic heterocycles. The van der Waals surface area contributed by atoms with Crippen molar-refractivity contribution in [2.45, 2.75) is 11.8 Å². The van der Waals surface area contributed by atoms with Crippen LogP contribution in [0.2, 0.25) is 5.02 Å². The van der Waals surface area contributed by atoms with E-state index in [2.05, 4.69) is 4.72 Å². The number of nitrogens with one attached hydrogen (secondary N) is 1. The van der Waals surface area contributed by atoms with Crippen LogP contribution < -0.4 is 14.2 Å². The molecular weight excluding hydrogens is 345 g/mol. The van der Waals surface area contributed by atoms with Gasteiger partial charge >= 0.3 is 0 Å². The molecule has 1 N–H and O–H groups in total. The summed E-state index contributed by atoms with van der Waals surface area (Å²) in [6.07, 6.45) is 0. The maximum absolute atomic E-state index is 14.1. The number of aryl methyl sites for hydroxylation is 1. The van der Waals surface area contributed by atoms with E-state index in [4.69, 9.17) is 21.1 Å². The van der Waals surface area contributed by atoms with Gasteiger partial charge in [0, 0.05) is 12.1 Å². The van der Waals surface area contributed by atoms with Gasteiger partial charge in [0.15, 0.2) is 17.3 Å². The van der Waals surface area contributed by atoms with Gasteiger partial charge < -0.3 is 9.47 Å². The van der Waals surface area contributed by atoms with Crippen molar-refractivity contribution in [3.63, 3.8) is 0 Å². The lowest BCUT2D eigenvalue weighted by atomic mass is 10.2. The Labute approximate surface area is 139 Å². The van der Waals surface area contributed by atoms with Crippen LogP contribution in [-0.4, -0.2) is 22.6 Å². The molecule has 5 nitrogen and oxygen atoms in total. The highest BCUT2D eigenvalue weighted by molar-refractivity contribution is 7.92. The van der Waals surface area contributed by atoms with Crippen molar-refractivity contribution in [1.82, 2.24) is 0 Å². The van der Waals surface area contributed by atoms with E-state index in [0.29, 0.717) is 0 Å². The molecule has 0 heterocycles. The normalized spacial score (nSPS) is 11.2. The number of halogens is 2. The van der Waals surface area contributed by atoms with Gasteiger partial charge in [0.05, 0.1) is 24.9 Å². The summed E-state index contributed by atoms with van der Waals surface area (Å²) in [5.74, 6) is -0.447. The summed E-state index contributed by atoms with van der Waals surface area (Å²) in [6.45, 7) is 1.78. The molecule has 0 atom stereocenters. The minimum absolute atomic E-state index is 0.0541. The van der Waals surface area contributed by atoms with Gasteiger partial charge in [-0.15, -0.1) is 0 Å². The third-order valence-corrected chi connectivity index (χ3v) is 4.94. The number of ether oxygens (including phenoxy) is 2. The predicted molar refractivity (Wildman–Crippen MR) is 86.5 cm³/mol. The highest BCUT2D eigenvalue weighted by Gasteiger charge is 2.21. The van der Waals surface area contributed by atoms with E-state index < -0.39 is 15.8 Å². The van der Waals surface area contributed by atoms with Crippen LogP contribution in [0.4, 0.5) is 10.1 Å². The van der Waals surface area contributed by atoms with Gasteiger partial charge in [-0.2, -0.15) is 0 Å². The average Bonchev–Trinajstić information content (AvgIpc) is 2.48. The fourth-order valence-electron chi connectivity index (χ4n) is 1.96. The zero-order chi connectivity index (χ0) is 17.2. The molecule has 0 spiro atoms. The average molecular weight is 360 g/mol. The molecule has 0 aliphatic rings. The van der Waals surface area contributed by atoms with Crippen molar-refractivity contribution >= 4 is 27.3 Å². The van der Waals surface area contributed by atoms with Crippen molar-refractivity contribution in [2.24, 2.45) is 0 Å². The Morgan fingerprint density at radius 3 is 2.26 bits per heavy atom. The van der Waals surface area contributed by atoms with Crippen molar-refractivity contribution in [1.29, 1.82) is 0 Å². The Bertz CT molecular complexity index is 840. The summed E-state index contributed by atoms with van der Waals surface area (Å²) in [6, 6.07) is 6.71. The topological polar surface area (TPSA) is 64.6 Å². The Kier molecular flexibility index (Phi) is 5.01. The Balaban J connectivity index is 2.45. The molecule has 23 heavy (non-hydrogen) atoms. The van der Waals surface area contributed by atoms with Gasteiger partial charge in [0.1, 0.15) is 4.90 Å². The highest BCUT2D eigenvalue weighted by Crippen LogP contribution is 2.34. The second kappa shape index (κ2) is 6.64. The first kappa shape index (κ1) is 17.4. The maximum atomic E-state index is 14.1. The lowest BCUT2D eigenvalue weighted by molar-refractivity contribution is 0.353. The zero-order valence-corrected chi connectivity index (χ0v) is 14.3. The van der Waals surface area contributed by atoms with E-state index in [0.717, 1.165) is 11.6 Å². The number of methoxy groups -OCH3 is 2. The summed E-state index contributed by atoms with van der Waals surface area (Å²) >= 11 is 5.97. The van der Waals surface area contributed by atoms with Crippen LogP contribution in [0.25, 0.3) is 0 Å². The molecule has 0 radical (unpaired) electrons. The summed E-state index contributed by atoms with van der Waals surface area (Å²) < 4.78 is 51.0. The van der Waals surface area contributed by atoms with Crippen molar-refractivity contribution < 1.29 is 22.3 Å². The number of anilines is 1. The first-order chi connectivity index (χ1) is 10.8. The molecule has 8 heteroatoms. The second-order valence-electron chi connectivity index (χ2n) is 4.73. The number of sulfonamides is 1. The summed E-state index contributed by atoms with van der Waals surface area (Å²) in [4.78, 5) is -0.140. The molecule has 124 valence electrons. The van der Waals surface area contributed by atoms with Gasteiger partial charge in [-0.25, -0.2) is 12.8 Å². The van der Waals surface area contributed by atoms with Crippen LogP contribution in [0, 0.1) is 12.7 Å². The van der Waals surface area contributed by atoms with Crippen LogP contribution >= 0.6 is 11.6 Å². The fourth-order valence-corrected chi connectivity index (χ4v) is 3.61. The quantitative estimate of drug-likeness (QED) is 0.885. The standard InChI is InChI=1S/C15H15ClFNO4S/c1-9-4-5-15(10(16)6-9)23(19,20)18-12-8-14(22-3)13(21-2)7-11(12)17/h4-8,18H,1-3H3. The Morgan fingerprint density at radius 1 is 1.09 bits per heavy atom. The summed E-state index contributed by atoms with van der Waals surface area (Å²) in [5.41, 5.74) is 0.547. The first-order valence-electron chi connectivity index (χ1n) is 6.49. The lowest BCUT2D eigenvalue weighted by Gasteiger charge is -2.13. The molecule has 0 fully saturated rings. The minimum Gasteiger partial charge on any atom is -0.493 e. The van der Waals surface area contributed by atoms with E-state index in [-0.39, 0.29) is 27.1 Å². The lowest BCUT2D eigenvalue weighted by Crippen LogP contribution is -2.14. The van der Waals surface area contributed by atoms with Crippen LogP contribution in [0.3, 0.4) is 0 Å². The molecule has 0 aliphatic carbocycles. The molecule has 0 unspecified atom stereocenters. The molecule has 2 aromatic rings. The maximum Gasteiger partial charge on any atom is 0.263 e. The van der Waals surface area contributed by atoms with E-state index in [1.807, 2.05) is 0 Å². The molecule has 2 aromatic carbocycles. The van der Waals surface area contributed by atoms with Crippen LogP contribution in [0.1, 0.15) is 5.56 Å². The van der Waals surface area contributed by atoms with Crippen LogP contribution in [-0.2, 0) is 10.0 Å². The van der Waals surface area contributed by atoms with Crippen molar-refractivity contribution in [3.8, 4) is 11.5 Å². The third kappa shape index (κ3) is 3.68. The summed E-state index contributed by atoms with van der Waals surface area (Å²) in [5, 5.41) is 0.0541. The molecule has 0 bridgehead atoms. The van der Waals surface area contributed by atoms with Crippen molar-refractivity contribution in [3.05, 3.63) is 46.7 Å². The Hall–Kier alpha value is -1.99. The minimum atomic E-state index is -4.05. The molecule has 0 saturated heterocycles. The van der Waals surface area contributed by atoms with E-state index >= 15 is 0 Å². The molecule has 2 rings (SSSR count). The third-order valence-electron chi connectivity index (χ3n) is 3.09. The zero-order valence-electron chi connectivity index (χ0n) is 12.7. The molecule has 0 aromatic heterocycles. The van der Waals surface area contributed by atoms with Gasteiger partial charge in [-0.05, 0) is 24.6 Å². The Morgan fingerprint density at radius 2 is 1.70 bits per heavy atom. The first-order valence-corrected chi connectivity index (χ1v) is 8.35. The van der Waals surface area contributed by atoms with Gasteiger partial charge in [-0.1, -0.05) is 17.7 Å². The summed E-state index contributed by atoms with van der Waals surface area (Å²) in [7, 11) is -1.33. The number of hydrogen-bond donors (Lipinski definition) is 1. The van der Waals surface area contributed by atoms with E-state index in [1.165, 1.54) is 32.4 Å². The van der Waals surface area contributed by atoms with E-state index in [9.17, 15) is 12.8 Å². The molecule has 0 saturated carbocycles. The fraction of sp³-hybridized carbons (Fsp3) is 0.200. The number of hydrogen-bond acceptors (Lipinski definition) is 4. The monoisotopic (exact) mass is 359 g/mol. The smallest absolute Gasteiger partial charge is 0.263 e. The van der Waals surface area contributed by atoms with Gasteiger partial charge in [-0.3, -0.25) is 4.72 Å². The van der Waals surface area contributed by atoms with E-state index in [1.54, 1.807) is 13.0 Å². The SMILES string of the molecule is COc1cc(F)c(NS(=O)(=O)c2ccc(C)cc2Cl)cc1OC. The van der Waals surface area contributed by atoms with Crippen LogP contribution in [0.5, 0.6) is 11.5 Å². The van der Waals surface area contributed by atoms with Gasteiger partial charge in [0.2, 0.25) is 0 Å². The predicted octanol–water partition coefficient (Wildman–Crippen LogP) is 3.61. The second-order valence-corrected chi connectivity index (χ2v) is 6.78. The highest BCUT2D eigenvalue weighted by atomic mass is 35.5. The number of rotatable bonds is 5. The number of benzene rings is 2. The van der Waals surface area contributed by atoms with Crippen molar-refractivity contribution in [2.75, 3.05) is 18.9 Å². The van der Waals surface area contributed by atoms with Gasteiger partial charge in [0.25, 0.3) is 10.0 Å². The largest absolute Gasteiger partial charge is 0.493 e. The molecular formula is C15H15ClFNO4S.